The Labute approximate surface area is 124 Å². The van der Waals surface area contributed by atoms with E-state index in [-0.39, 0.29) is 11.9 Å². The summed E-state index contributed by atoms with van der Waals surface area (Å²) >= 11 is 0. The van der Waals surface area contributed by atoms with E-state index in [9.17, 15) is 4.79 Å². The van der Waals surface area contributed by atoms with Crippen LogP contribution >= 0.6 is 0 Å². The standard InChI is InChI=1S/C17H19N3O/c1-12(2)20(14-8-9-14)17(21)10-7-13-11-18-15-5-3-4-6-16(15)19-13/h3-7,10-12,14H,8-9H2,1-2H3/b10-7+. The zero-order valence-corrected chi connectivity index (χ0v) is 12.4. The highest BCUT2D eigenvalue weighted by Gasteiger charge is 2.33. The van der Waals surface area contributed by atoms with Gasteiger partial charge in [0.05, 0.1) is 22.9 Å². The molecular weight excluding hydrogens is 262 g/mol. The minimum Gasteiger partial charge on any atom is -0.334 e. The molecule has 3 rings (SSSR count). The lowest BCUT2D eigenvalue weighted by molar-refractivity contribution is -0.128. The molecule has 1 amide bonds. The summed E-state index contributed by atoms with van der Waals surface area (Å²) in [6.07, 6.45) is 7.29. The molecule has 0 unspecified atom stereocenters. The summed E-state index contributed by atoms with van der Waals surface area (Å²) in [6.45, 7) is 4.11. The predicted octanol–water partition coefficient (Wildman–Crippen LogP) is 3.04. The average molecular weight is 281 g/mol. The minimum atomic E-state index is 0.0578. The molecule has 1 saturated carbocycles. The lowest BCUT2D eigenvalue weighted by atomic mass is 10.2. The van der Waals surface area contributed by atoms with Crippen LogP contribution in [0.5, 0.6) is 0 Å². The van der Waals surface area contributed by atoms with E-state index in [1.807, 2.05) is 29.2 Å². The van der Waals surface area contributed by atoms with E-state index in [1.165, 1.54) is 0 Å². The molecule has 0 N–H and O–H groups in total. The number of amides is 1. The van der Waals surface area contributed by atoms with Crippen molar-refractivity contribution in [3.8, 4) is 0 Å². The third-order valence-corrected chi connectivity index (χ3v) is 3.61. The first-order valence-corrected chi connectivity index (χ1v) is 7.37. The second-order valence-corrected chi connectivity index (χ2v) is 5.69. The topological polar surface area (TPSA) is 46.1 Å². The highest BCUT2D eigenvalue weighted by Crippen LogP contribution is 2.28. The number of rotatable bonds is 4. The Kier molecular flexibility index (Phi) is 3.69. The molecule has 0 saturated heterocycles. The van der Waals surface area contributed by atoms with Gasteiger partial charge in [0.25, 0.3) is 0 Å². The van der Waals surface area contributed by atoms with Crippen LogP contribution in [0.4, 0.5) is 0 Å². The van der Waals surface area contributed by atoms with Gasteiger partial charge in [-0.25, -0.2) is 4.98 Å². The monoisotopic (exact) mass is 281 g/mol. The molecule has 2 aromatic rings. The third kappa shape index (κ3) is 3.10. The summed E-state index contributed by atoms with van der Waals surface area (Å²) in [5.74, 6) is 0.0578. The molecule has 1 aromatic heterocycles. The van der Waals surface area contributed by atoms with Crippen molar-refractivity contribution in [3.63, 3.8) is 0 Å². The first-order valence-electron chi connectivity index (χ1n) is 7.37. The van der Waals surface area contributed by atoms with Gasteiger partial charge < -0.3 is 4.90 Å². The zero-order valence-electron chi connectivity index (χ0n) is 12.4. The van der Waals surface area contributed by atoms with E-state index in [1.54, 1.807) is 18.3 Å². The van der Waals surface area contributed by atoms with E-state index in [0.29, 0.717) is 11.7 Å². The molecule has 1 aliphatic carbocycles. The van der Waals surface area contributed by atoms with Gasteiger partial charge in [0.2, 0.25) is 5.91 Å². The number of nitrogens with zero attached hydrogens (tertiary/aromatic N) is 3. The van der Waals surface area contributed by atoms with Crippen molar-refractivity contribution in [1.29, 1.82) is 0 Å². The van der Waals surface area contributed by atoms with Gasteiger partial charge in [-0.15, -0.1) is 0 Å². The highest BCUT2D eigenvalue weighted by molar-refractivity contribution is 5.92. The van der Waals surface area contributed by atoms with Gasteiger partial charge in [-0.2, -0.15) is 0 Å². The third-order valence-electron chi connectivity index (χ3n) is 3.61. The van der Waals surface area contributed by atoms with Gasteiger partial charge >= 0.3 is 0 Å². The lowest BCUT2D eigenvalue weighted by Gasteiger charge is -2.25. The molecule has 4 nitrogen and oxygen atoms in total. The lowest BCUT2D eigenvalue weighted by Crippen LogP contribution is -2.37. The van der Waals surface area contributed by atoms with Gasteiger partial charge in [-0.1, -0.05) is 12.1 Å². The fourth-order valence-electron chi connectivity index (χ4n) is 2.50. The smallest absolute Gasteiger partial charge is 0.247 e. The molecule has 0 bridgehead atoms. The second kappa shape index (κ2) is 5.64. The Balaban J connectivity index is 1.78. The molecule has 1 heterocycles. The van der Waals surface area contributed by atoms with E-state index < -0.39 is 0 Å². The van der Waals surface area contributed by atoms with E-state index in [4.69, 9.17) is 0 Å². The van der Waals surface area contributed by atoms with Crippen molar-refractivity contribution >= 4 is 23.0 Å². The molecule has 0 spiro atoms. The van der Waals surface area contributed by atoms with Crippen LogP contribution in [0.25, 0.3) is 17.1 Å². The van der Waals surface area contributed by atoms with Crippen LogP contribution in [-0.2, 0) is 4.79 Å². The molecule has 108 valence electrons. The summed E-state index contributed by atoms with van der Waals surface area (Å²) in [5.41, 5.74) is 2.42. The molecule has 1 aliphatic rings. The zero-order chi connectivity index (χ0) is 14.8. The van der Waals surface area contributed by atoms with Crippen LogP contribution in [0.3, 0.4) is 0 Å². The molecule has 0 aliphatic heterocycles. The van der Waals surface area contributed by atoms with Crippen molar-refractivity contribution < 1.29 is 4.79 Å². The normalized spacial score (nSPS) is 15.0. The number of hydrogen-bond donors (Lipinski definition) is 0. The Morgan fingerprint density at radius 1 is 1.29 bits per heavy atom. The van der Waals surface area contributed by atoms with Gasteiger partial charge in [-0.3, -0.25) is 9.78 Å². The second-order valence-electron chi connectivity index (χ2n) is 5.69. The maximum Gasteiger partial charge on any atom is 0.247 e. The highest BCUT2D eigenvalue weighted by atomic mass is 16.2. The molecule has 1 fully saturated rings. The molecule has 4 heteroatoms. The summed E-state index contributed by atoms with van der Waals surface area (Å²) in [4.78, 5) is 23.1. The van der Waals surface area contributed by atoms with E-state index in [2.05, 4.69) is 23.8 Å². The first kappa shape index (κ1) is 13.7. The quantitative estimate of drug-likeness (QED) is 0.809. The Morgan fingerprint density at radius 2 is 2.00 bits per heavy atom. The SMILES string of the molecule is CC(C)N(C(=O)/C=C/c1cnc2ccccc2n1)C1CC1. The average Bonchev–Trinajstić information content (AvgIpc) is 3.29. The van der Waals surface area contributed by atoms with E-state index >= 15 is 0 Å². The summed E-state index contributed by atoms with van der Waals surface area (Å²) < 4.78 is 0. The largest absolute Gasteiger partial charge is 0.334 e. The van der Waals surface area contributed by atoms with Crippen molar-refractivity contribution in [2.75, 3.05) is 0 Å². The van der Waals surface area contributed by atoms with E-state index in [0.717, 1.165) is 23.9 Å². The van der Waals surface area contributed by atoms with Crippen molar-refractivity contribution in [2.24, 2.45) is 0 Å². The Morgan fingerprint density at radius 3 is 2.67 bits per heavy atom. The molecule has 21 heavy (non-hydrogen) atoms. The van der Waals surface area contributed by atoms with Crippen LogP contribution in [-0.4, -0.2) is 32.9 Å². The van der Waals surface area contributed by atoms with Crippen LogP contribution in [0, 0.1) is 0 Å². The van der Waals surface area contributed by atoms with Crippen LogP contribution in [0.2, 0.25) is 0 Å². The van der Waals surface area contributed by atoms with Crippen LogP contribution < -0.4 is 0 Å². The van der Waals surface area contributed by atoms with Gasteiger partial charge in [0, 0.05) is 18.2 Å². The minimum absolute atomic E-state index is 0.0578. The van der Waals surface area contributed by atoms with Crippen molar-refractivity contribution in [2.45, 2.75) is 38.8 Å². The van der Waals surface area contributed by atoms with Crippen molar-refractivity contribution in [1.82, 2.24) is 14.9 Å². The number of carbonyl (C=O) groups is 1. The molecule has 0 radical (unpaired) electrons. The Hall–Kier alpha value is -2.23. The summed E-state index contributed by atoms with van der Waals surface area (Å²) in [7, 11) is 0. The number of para-hydroxylation sites is 2. The van der Waals surface area contributed by atoms with Crippen LogP contribution in [0.15, 0.2) is 36.5 Å². The number of fused-ring (bicyclic) bond motifs is 1. The van der Waals surface area contributed by atoms with Crippen LogP contribution in [0.1, 0.15) is 32.4 Å². The molecular formula is C17H19N3O. The molecule has 0 atom stereocenters. The Bertz CT molecular complexity index is 687. The number of benzene rings is 1. The fourth-order valence-corrected chi connectivity index (χ4v) is 2.50. The number of hydrogen-bond acceptors (Lipinski definition) is 3. The maximum absolute atomic E-state index is 12.3. The van der Waals surface area contributed by atoms with Crippen molar-refractivity contribution in [3.05, 3.63) is 42.2 Å². The van der Waals surface area contributed by atoms with Gasteiger partial charge in [-0.05, 0) is 44.9 Å². The van der Waals surface area contributed by atoms with Gasteiger partial charge in [0.15, 0.2) is 0 Å². The number of aromatic nitrogens is 2. The summed E-state index contributed by atoms with van der Waals surface area (Å²) in [5, 5.41) is 0. The summed E-state index contributed by atoms with van der Waals surface area (Å²) in [6, 6.07) is 8.37. The first-order chi connectivity index (χ1) is 10.1. The maximum atomic E-state index is 12.3. The van der Waals surface area contributed by atoms with Gasteiger partial charge in [0.1, 0.15) is 0 Å². The predicted molar refractivity (Wildman–Crippen MR) is 83.6 cm³/mol. The molecule has 1 aromatic carbocycles. The fraction of sp³-hybridized carbons (Fsp3) is 0.353. The number of carbonyl (C=O) groups excluding carboxylic acids is 1.